The van der Waals surface area contributed by atoms with Gasteiger partial charge in [0.15, 0.2) is 16.3 Å². The molecule has 0 aliphatic carbocycles. The predicted octanol–water partition coefficient (Wildman–Crippen LogP) is 4.72. The maximum Gasteiger partial charge on any atom is 0.338 e. The Labute approximate surface area is 265 Å². The fourth-order valence-electron chi connectivity index (χ4n) is 5.16. The molecule has 45 heavy (non-hydrogen) atoms. The zero-order valence-electron chi connectivity index (χ0n) is 26.0. The molecule has 3 aromatic carbocycles. The summed E-state index contributed by atoms with van der Waals surface area (Å²) in [5.74, 6) is 1.08. The van der Waals surface area contributed by atoms with Crippen molar-refractivity contribution in [3.8, 4) is 17.2 Å². The van der Waals surface area contributed by atoms with Crippen LogP contribution in [0.15, 0.2) is 87.8 Å². The number of nitrogens with zero attached hydrogens (tertiary/aromatic N) is 2. The molecule has 0 N–H and O–H groups in total. The van der Waals surface area contributed by atoms with E-state index in [1.807, 2.05) is 55.5 Å². The molecule has 0 saturated heterocycles. The summed E-state index contributed by atoms with van der Waals surface area (Å²) in [5, 5.41) is 0. The van der Waals surface area contributed by atoms with E-state index in [1.165, 1.54) is 28.6 Å². The van der Waals surface area contributed by atoms with Crippen LogP contribution in [0, 0.1) is 6.92 Å². The zero-order valence-corrected chi connectivity index (χ0v) is 26.8. The number of fused-ring (bicyclic) bond motifs is 1. The summed E-state index contributed by atoms with van der Waals surface area (Å²) in [6.07, 6.45) is 1.82. The number of para-hydroxylation sites is 1. The lowest BCUT2D eigenvalue weighted by molar-refractivity contribution is -0.140. The SMILES string of the molecule is CCOc1c(OC)cccc1[C@H]1C(C(=O)OCCOC)=C(C)N=c2s/c(=C/c3ccc(OCc4cccc(C)c4)cc3)c(=O)n21. The Hall–Kier alpha value is -4.67. The summed E-state index contributed by atoms with van der Waals surface area (Å²) in [4.78, 5) is 32.8. The number of aryl methyl sites for hydroxylation is 1. The number of aromatic nitrogens is 1. The molecule has 0 radical (unpaired) electrons. The summed E-state index contributed by atoms with van der Waals surface area (Å²) in [7, 11) is 3.08. The van der Waals surface area contributed by atoms with Crippen LogP contribution in [0.5, 0.6) is 17.2 Å². The van der Waals surface area contributed by atoms with E-state index in [1.54, 1.807) is 26.2 Å². The maximum absolute atomic E-state index is 14.1. The first-order valence-electron chi connectivity index (χ1n) is 14.6. The number of ether oxygens (including phenoxy) is 5. The quantitative estimate of drug-likeness (QED) is 0.166. The standard InChI is InChI=1S/C35H36N2O7S/c1-6-42-32-27(11-8-12-28(32)41-5)31-30(34(39)43-18-17-40-4)23(3)36-35-37(31)33(38)29(45-35)20-24-13-15-26(16-14-24)44-21-25-10-7-9-22(2)19-25/h7-16,19-20,31H,6,17-18,21H2,1-5H3/b29-20+/t31-/m0/s1. The van der Waals surface area contributed by atoms with Gasteiger partial charge in [0.1, 0.15) is 25.0 Å². The Morgan fingerprint density at radius 2 is 1.78 bits per heavy atom. The summed E-state index contributed by atoms with van der Waals surface area (Å²) >= 11 is 1.26. The fourth-order valence-corrected chi connectivity index (χ4v) is 6.21. The lowest BCUT2D eigenvalue weighted by Crippen LogP contribution is -2.40. The van der Waals surface area contributed by atoms with Crippen LogP contribution in [-0.2, 0) is 20.9 Å². The third-order valence-corrected chi connectivity index (χ3v) is 8.22. The van der Waals surface area contributed by atoms with Gasteiger partial charge in [0.25, 0.3) is 5.56 Å². The van der Waals surface area contributed by atoms with E-state index in [-0.39, 0.29) is 24.3 Å². The van der Waals surface area contributed by atoms with Crippen molar-refractivity contribution >= 4 is 23.4 Å². The molecule has 0 spiro atoms. The highest BCUT2D eigenvalue weighted by Crippen LogP contribution is 2.40. The van der Waals surface area contributed by atoms with E-state index in [9.17, 15) is 9.59 Å². The Kier molecular flexibility index (Phi) is 10.2. The first-order valence-corrected chi connectivity index (χ1v) is 15.4. The normalized spacial score (nSPS) is 14.5. The number of carbonyl (C=O) groups excluding carboxylic acids is 1. The van der Waals surface area contributed by atoms with Crippen LogP contribution >= 0.6 is 11.3 Å². The van der Waals surface area contributed by atoms with E-state index in [2.05, 4.69) is 24.0 Å². The topological polar surface area (TPSA) is 97.6 Å². The Morgan fingerprint density at radius 3 is 2.49 bits per heavy atom. The van der Waals surface area contributed by atoms with Crippen molar-refractivity contribution in [2.24, 2.45) is 4.99 Å². The van der Waals surface area contributed by atoms with Crippen molar-refractivity contribution < 1.29 is 28.5 Å². The van der Waals surface area contributed by atoms with Crippen LogP contribution < -0.4 is 29.1 Å². The molecule has 0 saturated carbocycles. The molecule has 0 bridgehead atoms. The highest BCUT2D eigenvalue weighted by molar-refractivity contribution is 7.07. The van der Waals surface area contributed by atoms with E-state index < -0.39 is 12.0 Å². The molecule has 0 unspecified atom stereocenters. The molecule has 4 aromatic rings. The van der Waals surface area contributed by atoms with E-state index in [0.29, 0.717) is 45.3 Å². The molecule has 1 aromatic heterocycles. The molecular weight excluding hydrogens is 592 g/mol. The molecule has 234 valence electrons. The first kappa shape index (κ1) is 31.7. The minimum absolute atomic E-state index is 0.0599. The van der Waals surface area contributed by atoms with Gasteiger partial charge >= 0.3 is 5.97 Å². The van der Waals surface area contributed by atoms with Gasteiger partial charge in [-0.15, -0.1) is 0 Å². The maximum atomic E-state index is 14.1. The minimum Gasteiger partial charge on any atom is -0.493 e. The molecule has 1 aliphatic heterocycles. The Balaban J connectivity index is 1.54. The van der Waals surface area contributed by atoms with Crippen LogP contribution in [0.4, 0.5) is 0 Å². The number of methoxy groups -OCH3 is 2. The van der Waals surface area contributed by atoms with Crippen LogP contribution in [0.25, 0.3) is 6.08 Å². The second-order valence-electron chi connectivity index (χ2n) is 10.4. The molecule has 0 amide bonds. The summed E-state index contributed by atoms with van der Waals surface area (Å²) in [6, 6.07) is 20.3. The van der Waals surface area contributed by atoms with Gasteiger partial charge < -0.3 is 23.7 Å². The molecule has 1 atom stereocenters. The monoisotopic (exact) mass is 628 g/mol. The Bertz CT molecular complexity index is 1890. The van der Waals surface area contributed by atoms with Gasteiger partial charge in [0.2, 0.25) is 0 Å². The lowest BCUT2D eigenvalue weighted by Gasteiger charge is -2.27. The fraction of sp³-hybridized carbons (Fsp3) is 0.286. The third-order valence-electron chi connectivity index (χ3n) is 7.24. The number of hydrogen-bond acceptors (Lipinski definition) is 9. The van der Waals surface area contributed by atoms with Crippen molar-refractivity contribution in [1.29, 1.82) is 0 Å². The molecule has 10 heteroatoms. The highest BCUT2D eigenvalue weighted by atomic mass is 32.1. The average molecular weight is 629 g/mol. The largest absolute Gasteiger partial charge is 0.493 e. The minimum atomic E-state index is -0.854. The van der Waals surface area contributed by atoms with Gasteiger partial charge in [-0.2, -0.15) is 0 Å². The summed E-state index contributed by atoms with van der Waals surface area (Å²) < 4.78 is 30.2. The van der Waals surface area contributed by atoms with Gasteiger partial charge in [-0.1, -0.05) is 65.4 Å². The van der Waals surface area contributed by atoms with Crippen molar-refractivity contribution in [2.75, 3.05) is 34.0 Å². The van der Waals surface area contributed by atoms with E-state index in [0.717, 1.165) is 16.9 Å². The smallest absolute Gasteiger partial charge is 0.338 e. The van der Waals surface area contributed by atoms with Crippen LogP contribution in [0.1, 0.15) is 42.1 Å². The second kappa shape index (κ2) is 14.4. The lowest BCUT2D eigenvalue weighted by atomic mass is 9.94. The van der Waals surface area contributed by atoms with Crippen molar-refractivity contribution in [3.63, 3.8) is 0 Å². The van der Waals surface area contributed by atoms with E-state index >= 15 is 0 Å². The van der Waals surface area contributed by atoms with Crippen molar-refractivity contribution in [3.05, 3.63) is 120 Å². The molecule has 2 heterocycles. The number of rotatable bonds is 12. The number of carbonyl (C=O) groups is 1. The van der Waals surface area contributed by atoms with Gasteiger partial charge in [0, 0.05) is 12.7 Å². The van der Waals surface area contributed by atoms with Gasteiger partial charge in [-0.25, -0.2) is 9.79 Å². The van der Waals surface area contributed by atoms with Gasteiger partial charge in [-0.3, -0.25) is 9.36 Å². The average Bonchev–Trinajstić information content (AvgIpc) is 3.34. The summed E-state index contributed by atoms with van der Waals surface area (Å²) in [6.45, 7) is 6.77. The molecule has 9 nitrogen and oxygen atoms in total. The van der Waals surface area contributed by atoms with E-state index in [4.69, 9.17) is 23.7 Å². The van der Waals surface area contributed by atoms with Crippen molar-refractivity contribution in [2.45, 2.75) is 33.4 Å². The van der Waals surface area contributed by atoms with Crippen molar-refractivity contribution in [1.82, 2.24) is 4.57 Å². The van der Waals surface area contributed by atoms with Crippen LogP contribution in [0.2, 0.25) is 0 Å². The van der Waals surface area contributed by atoms with Gasteiger partial charge in [-0.05, 0) is 56.2 Å². The molecule has 5 rings (SSSR count). The number of allylic oxidation sites excluding steroid dienone is 1. The highest BCUT2D eigenvalue weighted by Gasteiger charge is 2.36. The van der Waals surface area contributed by atoms with Gasteiger partial charge in [0.05, 0.1) is 36.1 Å². The number of benzene rings is 3. The summed E-state index contributed by atoms with van der Waals surface area (Å²) in [5.41, 5.74) is 4.10. The Morgan fingerprint density at radius 1 is 1.00 bits per heavy atom. The zero-order chi connectivity index (χ0) is 31.9. The van der Waals surface area contributed by atoms with Crippen LogP contribution in [-0.4, -0.2) is 44.6 Å². The first-order chi connectivity index (χ1) is 21.8. The molecular formula is C35H36N2O7S. The number of hydrogen-bond donors (Lipinski definition) is 0. The number of thiazole rings is 1. The molecule has 0 fully saturated rings. The van der Waals surface area contributed by atoms with Crippen LogP contribution in [0.3, 0.4) is 0 Å². The second-order valence-corrected chi connectivity index (χ2v) is 11.4. The number of esters is 1. The third kappa shape index (κ3) is 7.02. The predicted molar refractivity (Wildman–Crippen MR) is 173 cm³/mol. The molecule has 1 aliphatic rings.